The third-order valence-electron chi connectivity index (χ3n) is 13.5. The fourth-order valence-corrected chi connectivity index (χ4v) is 11.7. The molecule has 292 valence electrons. The first kappa shape index (κ1) is 36.7. The highest BCUT2D eigenvalue weighted by Gasteiger charge is 2.56. The average molecular weight is 768 g/mol. The van der Waals surface area contributed by atoms with Crippen LogP contribution >= 0.6 is 0 Å². The maximum atomic E-state index is 15.1. The van der Waals surface area contributed by atoms with Crippen molar-refractivity contribution in [2.45, 2.75) is 62.8 Å². The molecular formula is C46H45N3O8. The lowest BCUT2D eigenvalue weighted by Gasteiger charge is -2.57. The Morgan fingerprint density at radius 3 is 1.60 bits per heavy atom. The first-order valence-corrected chi connectivity index (χ1v) is 19.9. The van der Waals surface area contributed by atoms with Gasteiger partial charge in [0.25, 0.3) is 0 Å². The molecule has 6 N–H and O–H groups in total. The molecule has 4 fully saturated rings. The maximum absolute atomic E-state index is 15.1. The van der Waals surface area contributed by atoms with Crippen molar-refractivity contribution < 1.29 is 39.3 Å². The van der Waals surface area contributed by atoms with Gasteiger partial charge in [0.1, 0.15) is 11.8 Å². The van der Waals surface area contributed by atoms with Crippen molar-refractivity contribution in [1.82, 2.24) is 10.6 Å². The summed E-state index contributed by atoms with van der Waals surface area (Å²) in [6.07, 6.45) is 7.24. The number of hydrogen-bond acceptors (Lipinski definition) is 6. The Bertz CT molecular complexity index is 2190. The molecule has 0 aliphatic heterocycles. The summed E-state index contributed by atoms with van der Waals surface area (Å²) >= 11 is 0. The van der Waals surface area contributed by atoms with Gasteiger partial charge in [0, 0.05) is 30.5 Å². The highest BCUT2D eigenvalue weighted by atomic mass is 16.4. The van der Waals surface area contributed by atoms with E-state index >= 15 is 4.79 Å². The molecule has 4 aromatic carbocycles. The van der Waals surface area contributed by atoms with Crippen LogP contribution in [0.15, 0.2) is 91.0 Å². The lowest BCUT2D eigenvalue weighted by molar-refractivity contribution is -0.139. The van der Waals surface area contributed by atoms with Crippen molar-refractivity contribution >= 4 is 35.3 Å². The number of benzene rings is 4. The molecule has 7 aliphatic rings. The molecule has 4 saturated carbocycles. The summed E-state index contributed by atoms with van der Waals surface area (Å²) in [4.78, 5) is 67.9. The number of aromatic hydroxyl groups is 1. The first-order chi connectivity index (χ1) is 27.4. The van der Waals surface area contributed by atoms with Gasteiger partial charge in [-0.15, -0.1) is 0 Å². The molecule has 3 amide bonds. The molecule has 0 spiro atoms. The van der Waals surface area contributed by atoms with E-state index in [0.717, 1.165) is 77.5 Å². The summed E-state index contributed by atoms with van der Waals surface area (Å²) in [5, 5.41) is 38.3. The van der Waals surface area contributed by atoms with Crippen LogP contribution in [-0.2, 0) is 20.8 Å². The van der Waals surface area contributed by atoms with Crippen LogP contribution in [0.4, 0.5) is 5.69 Å². The van der Waals surface area contributed by atoms with Gasteiger partial charge in [0.15, 0.2) is 0 Å². The Kier molecular flexibility index (Phi) is 9.13. The number of carboxylic acids is 2. The lowest BCUT2D eigenvalue weighted by Crippen LogP contribution is -2.57. The first-order valence-electron chi connectivity index (χ1n) is 19.9. The summed E-state index contributed by atoms with van der Waals surface area (Å²) in [5.74, 6) is -4.44. The van der Waals surface area contributed by atoms with Crippen LogP contribution in [0.1, 0.15) is 98.9 Å². The van der Waals surface area contributed by atoms with Gasteiger partial charge in [-0.2, -0.15) is 0 Å². The lowest BCUT2D eigenvalue weighted by atomic mass is 9.49. The van der Waals surface area contributed by atoms with Crippen LogP contribution in [-0.4, -0.2) is 57.6 Å². The highest BCUT2D eigenvalue weighted by molar-refractivity contribution is 6.02. The molecule has 7 aliphatic carbocycles. The Balaban J connectivity index is 1.06. The van der Waals surface area contributed by atoms with Crippen molar-refractivity contribution in [2.24, 2.45) is 35.0 Å². The number of carbonyl (C=O) groups is 5. The van der Waals surface area contributed by atoms with E-state index in [4.69, 9.17) is 0 Å². The van der Waals surface area contributed by atoms with Crippen LogP contribution in [0.25, 0.3) is 0 Å². The molecule has 2 unspecified atom stereocenters. The molecule has 0 heterocycles. The maximum Gasteiger partial charge on any atom is 0.335 e. The van der Waals surface area contributed by atoms with Gasteiger partial charge in [0.2, 0.25) is 17.7 Å². The van der Waals surface area contributed by atoms with Gasteiger partial charge in [-0.1, -0.05) is 60.7 Å². The van der Waals surface area contributed by atoms with Crippen molar-refractivity contribution in [3.63, 3.8) is 0 Å². The number of nitrogens with one attached hydrogen (secondary N) is 3. The van der Waals surface area contributed by atoms with Crippen LogP contribution in [0.5, 0.6) is 5.75 Å². The molecule has 11 heteroatoms. The van der Waals surface area contributed by atoms with Crippen molar-refractivity contribution in [3.05, 3.63) is 130 Å². The smallest absolute Gasteiger partial charge is 0.335 e. The second-order valence-corrected chi connectivity index (χ2v) is 17.2. The molecule has 0 aromatic heterocycles. The number of amides is 3. The number of fused-ring (bicyclic) bond motifs is 1. The minimum atomic E-state index is -1.37. The Hall–Kier alpha value is -5.97. The van der Waals surface area contributed by atoms with Gasteiger partial charge < -0.3 is 31.3 Å². The largest absolute Gasteiger partial charge is 0.508 e. The normalized spacial score (nSPS) is 27.8. The van der Waals surface area contributed by atoms with Gasteiger partial charge >= 0.3 is 11.9 Å². The molecule has 0 saturated heterocycles. The molecule has 4 aromatic rings. The predicted octanol–water partition coefficient (Wildman–Crippen LogP) is 6.31. The Morgan fingerprint density at radius 1 is 0.649 bits per heavy atom. The van der Waals surface area contributed by atoms with Gasteiger partial charge in [-0.3, -0.25) is 14.4 Å². The van der Waals surface area contributed by atoms with E-state index in [1.165, 1.54) is 31.4 Å². The quantitative estimate of drug-likeness (QED) is 0.103. The number of carboxylic acid groups (broad SMARTS) is 2. The molecule has 6 bridgehead atoms. The zero-order chi connectivity index (χ0) is 39.6. The van der Waals surface area contributed by atoms with Crippen LogP contribution < -0.4 is 16.0 Å². The number of hydrogen-bond donors (Lipinski definition) is 6. The van der Waals surface area contributed by atoms with Crippen LogP contribution in [0.3, 0.4) is 0 Å². The summed E-state index contributed by atoms with van der Waals surface area (Å²) in [7, 11) is 0. The molecule has 0 radical (unpaired) electrons. The second-order valence-electron chi connectivity index (χ2n) is 17.2. The molecule has 11 rings (SSSR count). The summed E-state index contributed by atoms with van der Waals surface area (Å²) in [6, 6.07) is 24.2. The van der Waals surface area contributed by atoms with Crippen molar-refractivity contribution in [3.8, 4) is 5.75 Å². The average Bonchev–Trinajstić information content (AvgIpc) is 3.19. The number of aromatic carboxylic acids is 2. The number of anilines is 1. The third kappa shape index (κ3) is 6.72. The summed E-state index contributed by atoms with van der Waals surface area (Å²) < 4.78 is 0. The van der Waals surface area contributed by atoms with Gasteiger partial charge in [-0.25, -0.2) is 9.59 Å². The van der Waals surface area contributed by atoms with Crippen molar-refractivity contribution in [2.75, 3.05) is 11.9 Å². The molecule has 3 atom stereocenters. The van der Waals surface area contributed by atoms with Gasteiger partial charge in [-0.05, 0) is 120 Å². The zero-order valence-electron chi connectivity index (χ0n) is 31.3. The Morgan fingerprint density at radius 2 is 1.12 bits per heavy atom. The topological polar surface area (TPSA) is 182 Å². The number of rotatable bonds is 11. The predicted molar refractivity (Wildman–Crippen MR) is 210 cm³/mol. The molecule has 57 heavy (non-hydrogen) atoms. The third-order valence-corrected chi connectivity index (χ3v) is 13.5. The second kappa shape index (κ2) is 14.2. The number of carbonyl (C=O) groups excluding carboxylic acids is 3. The number of phenols is 1. The monoisotopic (exact) mass is 767 g/mol. The summed E-state index contributed by atoms with van der Waals surface area (Å²) in [5.41, 5.74) is 3.95. The minimum Gasteiger partial charge on any atom is -0.508 e. The fourth-order valence-electron chi connectivity index (χ4n) is 11.7. The van der Waals surface area contributed by atoms with E-state index in [1.807, 2.05) is 48.5 Å². The standard InChI is InChI=1S/C46H45N3O8/c50-31-11-9-24(10-12-31)16-36(41(51)48-30-18-28(44(54)55)17-29(19-30)45(56)57)49-43(53)40-38-34-7-3-1-5-32(34)37(33-6-2-4-8-35(33)38)39(40)42(52)47-23-46-20-25-13-26(21-46)15-27(14-25)22-46/h1-12,17-19,25-27,36-40,50H,13-16,20-23H2,(H,47,52)(H,48,51)(H,49,53)(H,54,55)(H,56,57)/t25?,26?,27?,36-,37?,38?,39?,40?,46?/m0/s1. The molecular weight excluding hydrogens is 723 g/mol. The number of phenolic OH excluding ortho intramolecular Hbond substituents is 1. The van der Waals surface area contributed by atoms with E-state index in [2.05, 4.69) is 16.0 Å². The van der Waals surface area contributed by atoms with Crippen molar-refractivity contribution in [1.29, 1.82) is 0 Å². The zero-order valence-corrected chi connectivity index (χ0v) is 31.3. The molecule has 11 nitrogen and oxygen atoms in total. The van der Waals surface area contributed by atoms with E-state index in [1.54, 1.807) is 12.1 Å². The summed E-state index contributed by atoms with van der Waals surface area (Å²) in [6.45, 7) is 0.584. The van der Waals surface area contributed by atoms with Crippen LogP contribution in [0, 0.1) is 35.0 Å². The Labute approximate surface area is 329 Å². The van der Waals surface area contributed by atoms with E-state index in [9.17, 15) is 34.5 Å². The van der Waals surface area contributed by atoms with E-state index < -0.39 is 53.5 Å². The SMILES string of the molecule is O=C(O)c1cc(NC(=O)[C@H](Cc2ccc(O)cc2)NC(=O)C2C3c4ccccc4C(c4ccccc43)C2C(=O)NCC23CC4CC(CC(C4)C2)C3)cc(C(=O)O)c1. The minimum absolute atomic E-state index is 0.0147. The fraction of sp³-hybridized carbons (Fsp3) is 0.370. The highest BCUT2D eigenvalue weighted by Crippen LogP contribution is 2.61. The van der Waals surface area contributed by atoms with Gasteiger partial charge in [0.05, 0.1) is 23.0 Å². The van der Waals surface area contributed by atoms with E-state index in [0.29, 0.717) is 12.1 Å². The van der Waals surface area contributed by atoms with Crippen LogP contribution in [0.2, 0.25) is 0 Å². The van der Waals surface area contributed by atoms with E-state index in [-0.39, 0.29) is 40.3 Å².